The lowest BCUT2D eigenvalue weighted by atomic mass is 10.1. The summed E-state index contributed by atoms with van der Waals surface area (Å²) in [5.41, 5.74) is 1.28. The molecular formula is C15H19FO2S. The summed E-state index contributed by atoms with van der Waals surface area (Å²) in [5, 5.41) is 17.5. The number of hydrogen-bond acceptors (Lipinski definition) is 3. The molecule has 0 saturated carbocycles. The molecule has 1 unspecified atom stereocenters. The standard InChI is InChI=1S/C15H19FO2S/c1-12(9-18)10-19-11-14-6-5-13(8-15(14)16)4-2-3-7-17/h5-6,8,12,17-18H,3,7,9-11H2,1H3. The van der Waals surface area contributed by atoms with Crippen molar-refractivity contribution in [3.8, 4) is 11.8 Å². The van der Waals surface area contributed by atoms with Gasteiger partial charge in [-0.25, -0.2) is 4.39 Å². The molecule has 2 nitrogen and oxygen atoms in total. The normalized spacial score (nSPS) is 11.8. The monoisotopic (exact) mass is 282 g/mol. The Morgan fingerprint density at radius 3 is 2.79 bits per heavy atom. The number of thioether (sulfide) groups is 1. The third-order valence-corrected chi connectivity index (χ3v) is 3.81. The summed E-state index contributed by atoms with van der Waals surface area (Å²) in [5.74, 6) is 6.97. The van der Waals surface area contributed by atoms with Crippen LogP contribution < -0.4 is 0 Å². The Hall–Kier alpha value is -1.02. The van der Waals surface area contributed by atoms with Gasteiger partial charge in [0.2, 0.25) is 0 Å². The van der Waals surface area contributed by atoms with Crippen LogP contribution in [0.3, 0.4) is 0 Å². The molecule has 0 heterocycles. The van der Waals surface area contributed by atoms with E-state index >= 15 is 0 Å². The first kappa shape index (κ1) is 16.0. The van der Waals surface area contributed by atoms with Crippen LogP contribution in [0.1, 0.15) is 24.5 Å². The van der Waals surface area contributed by atoms with Gasteiger partial charge in [-0.15, -0.1) is 0 Å². The zero-order valence-electron chi connectivity index (χ0n) is 11.0. The predicted octanol–water partition coefficient (Wildman–Crippen LogP) is 2.42. The van der Waals surface area contributed by atoms with Crippen molar-refractivity contribution in [2.45, 2.75) is 19.1 Å². The molecule has 19 heavy (non-hydrogen) atoms. The molecule has 0 fully saturated rings. The van der Waals surface area contributed by atoms with E-state index in [1.54, 1.807) is 23.9 Å². The predicted molar refractivity (Wildman–Crippen MR) is 77.4 cm³/mol. The van der Waals surface area contributed by atoms with Gasteiger partial charge in [-0.3, -0.25) is 0 Å². The fraction of sp³-hybridized carbons (Fsp3) is 0.467. The summed E-state index contributed by atoms with van der Waals surface area (Å²) < 4.78 is 13.8. The third-order valence-electron chi connectivity index (χ3n) is 2.49. The Balaban J connectivity index is 2.55. The quantitative estimate of drug-likeness (QED) is 0.787. The molecule has 1 atom stereocenters. The van der Waals surface area contributed by atoms with Crippen molar-refractivity contribution in [2.75, 3.05) is 19.0 Å². The zero-order chi connectivity index (χ0) is 14.1. The van der Waals surface area contributed by atoms with Crippen molar-refractivity contribution in [1.29, 1.82) is 0 Å². The molecule has 0 spiro atoms. The SMILES string of the molecule is CC(CO)CSCc1ccc(C#CCCO)cc1F. The van der Waals surface area contributed by atoms with Crippen LogP contribution in [-0.2, 0) is 5.75 Å². The lowest BCUT2D eigenvalue weighted by molar-refractivity contribution is 0.250. The van der Waals surface area contributed by atoms with Crippen molar-refractivity contribution in [2.24, 2.45) is 5.92 Å². The highest BCUT2D eigenvalue weighted by Gasteiger charge is 2.05. The number of hydrogen-bond donors (Lipinski definition) is 2. The van der Waals surface area contributed by atoms with E-state index in [1.165, 1.54) is 6.07 Å². The summed E-state index contributed by atoms with van der Waals surface area (Å²) in [4.78, 5) is 0. The summed E-state index contributed by atoms with van der Waals surface area (Å²) in [6, 6.07) is 4.96. The van der Waals surface area contributed by atoms with E-state index in [0.29, 0.717) is 23.3 Å². The molecule has 0 aromatic heterocycles. The molecule has 0 amide bonds. The van der Waals surface area contributed by atoms with Crippen molar-refractivity contribution in [3.63, 3.8) is 0 Å². The number of aliphatic hydroxyl groups excluding tert-OH is 2. The molecule has 0 saturated heterocycles. The third kappa shape index (κ3) is 6.11. The minimum absolute atomic E-state index is 0.0211. The Kier molecular flexibility index (Phi) is 7.57. The first-order valence-electron chi connectivity index (χ1n) is 6.24. The van der Waals surface area contributed by atoms with E-state index in [-0.39, 0.29) is 24.9 Å². The van der Waals surface area contributed by atoms with Crippen molar-refractivity contribution in [3.05, 3.63) is 35.1 Å². The molecule has 1 aromatic rings. The number of halogens is 1. The van der Waals surface area contributed by atoms with Crippen molar-refractivity contribution >= 4 is 11.8 Å². The molecule has 0 aliphatic carbocycles. The highest BCUT2D eigenvalue weighted by Crippen LogP contribution is 2.18. The van der Waals surface area contributed by atoms with Crippen LogP contribution in [0.15, 0.2) is 18.2 Å². The van der Waals surface area contributed by atoms with Crippen LogP contribution in [0.4, 0.5) is 4.39 Å². The van der Waals surface area contributed by atoms with Crippen LogP contribution in [0.25, 0.3) is 0 Å². The highest BCUT2D eigenvalue weighted by molar-refractivity contribution is 7.98. The van der Waals surface area contributed by atoms with Crippen LogP contribution >= 0.6 is 11.8 Å². The Bertz CT molecular complexity index is 451. The Morgan fingerprint density at radius 1 is 1.37 bits per heavy atom. The second-order valence-electron chi connectivity index (χ2n) is 4.38. The number of rotatable bonds is 6. The second kappa shape index (κ2) is 8.98. The number of aliphatic hydroxyl groups is 2. The van der Waals surface area contributed by atoms with Gasteiger partial charge in [-0.1, -0.05) is 24.8 Å². The van der Waals surface area contributed by atoms with E-state index in [4.69, 9.17) is 10.2 Å². The van der Waals surface area contributed by atoms with Crippen LogP contribution in [-0.4, -0.2) is 29.2 Å². The van der Waals surface area contributed by atoms with Crippen LogP contribution in [0, 0.1) is 23.6 Å². The Labute approximate surface area is 118 Å². The molecule has 1 rings (SSSR count). The van der Waals surface area contributed by atoms with Crippen LogP contribution in [0.5, 0.6) is 0 Å². The second-order valence-corrected chi connectivity index (χ2v) is 5.41. The van der Waals surface area contributed by atoms with E-state index in [0.717, 1.165) is 5.75 Å². The smallest absolute Gasteiger partial charge is 0.128 e. The molecular weight excluding hydrogens is 263 g/mol. The maximum atomic E-state index is 13.8. The average molecular weight is 282 g/mol. The fourth-order valence-corrected chi connectivity index (χ4v) is 2.47. The molecule has 0 bridgehead atoms. The van der Waals surface area contributed by atoms with Crippen molar-refractivity contribution < 1.29 is 14.6 Å². The summed E-state index contributed by atoms with van der Waals surface area (Å²) >= 11 is 1.61. The van der Waals surface area contributed by atoms with Gasteiger partial charge in [0.1, 0.15) is 5.82 Å². The lowest BCUT2D eigenvalue weighted by Gasteiger charge is -2.07. The van der Waals surface area contributed by atoms with Gasteiger partial charge in [0.05, 0.1) is 6.61 Å². The molecule has 1 aromatic carbocycles. The molecule has 4 heteroatoms. The van der Waals surface area contributed by atoms with E-state index < -0.39 is 0 Å². The van der Waals surface area contributed by atoms with Gasteiger partial charge in [0.25, 0.3) is 0 Å². The molecule has 0 aliphatic rings. The topological polar surface area (TPSA) is 40.5 Å². The van der Waals surface area contributed by atoms with Crippen LogP contribution in [0.2, 0.25) is 0 Å². The summed E-state index contributed by atoms with van der Waals surface area (Å²) in [7, 11) is 0. The molecule has 2 N–H and O–H groups in total. The van der Waals surface area contributed by atoms with Gasteiger partial charge in [-0.05, 0) is 29.4 Å². The largest absolute Gasteiger partial charge is 0.396 e. The van der Waals surface area contributed by atoms with Gasteiger partial charge in [0.15, 0.2) is 0 Å². The molecule has 0 radical (unpaired) electrons. The average Bonchev–Trinajstić information content (AvgIpc) is 2.41. The van der Waals surface area contributed by atoms with E-state index in [9.17, 15) is 4.39 Å². The maximum Gasteiger partial charge on any atom is 0.128 e. The van der Waals surface area contributed by atoms with E-state index in [1.807, 2.05) is 6.92 Å². The van der Waals surface area contributed by atoms with E-state index in [2.05, 4.69) is 11.8 Å². The zero-order valence-corrected chi connectivity index (χ0v) is 11.8. The van der Waals surface area contributed by atoms with Gasteiger partial charge < -0.3 is 10.2 Å². The minimum Gasteiger partial charge on any atom is -0.396 e. The first-order valence-corrected chi connectivity index (χ1v) is 7.39. The summed E-state index contributed by atoms with van der Waals surface area (Å²) in [6.45, 7) is 2.14. The number of benzene rings is 1. The van der Waals surface area contributed by atoms with Gasteiger partial charge in [-0.2, -0.15) is 11.8 Å². The fourth-order valence-electron chi connectivity index (χ4n) is 1.39. The lowest BCUT2D eigenvalue weighted by Crippen LogP contribution is -2.03. The Morgan fingerprint density at radius 2 is 2.16 bits per heavy atom. The van der Waals surface area contributed by atoms with Gasteiger partial charge >= 0.3 is 0 Å². The maximum absolute atomic E-state index is 13.8. The highest BCUT2D eigenvalue weighted by atomic mass is 32.2. The molecule has 0 aliphatic heterocycles. The van der Waals surface area contributed by atoms with Gasteiger partial charge in [0, 0.05) is 24.3 Å². The minimum atomic E-state index is -0.250. The van der Waals surface area contributed by atoms with Crippen molar-refractivity contribution in [1.82, 2.24) is 0 Å². The molecule has 104 valence electrons. The summed E-state index contributed by atoms with van der Waals surface area (Å²) in [6.07, 6.45) is 0.401. The first-order chi connectivity index (χ1) is 9.17.